The highest BCUT2D eigenvalue weighted by Gasteiger charge is 2.34. The zero-order chi connectivity index (χ0) is 11.6. The topological polar surface area (TPSA) is 43.1 Å². The first-order chi connectivity index (χ1) is 7.59. The lowest BCUT2D eigenvalue weighted by atomic mass is 9.74. The Kier molecular flexibility index (Phi) is 3.45. The SMILES string of the molecule is NC1(CC(=O)Cc2ccccc2Br)CCC1. The standard InChI is InChI=1S/C13H16BrNO/c14-12-5-2-1-4-10(12)8-11(16)9-13(15)6-3-7-13/h1-2,4-5H,3,6-9,15H2. The maximum atomic E-state index is 11.9. The van der Waals surface area contributed by atoms with E-state index in [9.17, 15) is 4.79 Å². The molecule has 0 heterocycles. The molecule has 86 valence electrons. The van der Waals surface area contributed by atoms with Gasteiger partial charge in [0.2, 0.25) is 0 Å². The summed E-state index contributed by atoms with van der Waals surface area (Å²) in [6.45, 7) is 0. The molecule has 0 radical (unpaired) electrons. The van der Waals surface area contributed by atoms with E-state index in [1.165, 1.54) is 6.42 Å². The zero-order valence-electron chi connectivity index (χ0n) is 9.21. The summed E-state index contributed by atoms with van der Waals surface area (Å²) in [6.07, 6.45) is 4.16. The Morgan fingerprint density at radius 3 is 2.62 bits per heavy atom. The van der Waals surface area contributed by atoms with Crippen molar-refractivity contribution in [3.05, 3.63) is 34.3 Å². The van der Waals surface area contributed by atoms with Crippen LogP contribution in [0.2, 0.25) is 0 Å². The van der Waals surface area contributed by atoms with Gasteiger partial charge in [0.05, 0.1) is 0 Å². The molecule has 2 nitrogen and oxygen atoms in total. The molecule has 1 aromatic rings. The lowest BCUT2D eigenvalue weighted by molar-refractivity contribution is -0.120. The number of ketones is 1. The molecular formula is C13H16BrNO. The van der Waals surface area contributed by atoms with E-state index in [1.54, 1.807) is 0 Å². The molecular weight excluding hydrogens is 266 g/mol. The summed E-state index contributed by atoms with van der Waals surface area (Å²) in [5.74, 6) is 0.245. The van der Waals surface area contributed by atoms with Gasteiger partial charge in [-0.2, -0.15) is 0 Å². The first-order valence-corrected chi connectivity index (χ1v) is 6.42. The monoisotopic (exact) mass is 281 g/mol. The predicted molar refractivity (Wildman–Crippen MR) is 68.2 cm³/mol. The molecule has 0 bridgehead atoms. The number of rotatable bonds is 4. The summed E-state index contributed by atoms with van der Waals surface area (Å²) in [5, 5.41) is 0. The number of halogens is 1. The van der Waals surface area contributed by atoms with Crippen molar-refractivity contribution >= 4 is 21.7 Å². The molecule has 0 unspecified atom stereocenters. The van der Waals surface area contributed by atoms with E-state index >= 15 is 0 Å². The molecule has 0 aliphatic heterocycles. The molecule has 0 saturated heterocycles. The maximum Gasteiger partial charge on any atom is 0.139 e. The predicted octanol–water partition coefficient (Wildman–Crippen LogP) is 2.83. The molecule has 3 heteroatoms. The van der Waals surface area contributed by atoms with Gasteiger partial charge in [-0.25, -0.2) is 0 Å². The van der Waals surface area contributed by atoms with E-state index in [2.05, 4.69) is 15.9 Å². The minimum Gasteiger partial charge on any atom is -0.325 e. The highest BCUT2D eigenvalue weighted by atomic mass is 79.9. The van der Waals surface area contributed by atoms with Crippen LogP contribution in [-0.4, -0.2) is 11.3 Å². The van der Waals surface area contributed by atoms with Gasteiger partial charge in [0, 0.05) is 22.9 Å². The van der Waals surface area contributed by atoms with Crippen LogP contribution >= 0.6 is 15.9 Å². The summed E-state index contributed by atoms with van der Waals surface area (Å²) in [6, 6.07) is 7.85. The highest BCUT2D eigenvalue weighted by molar-refractivity contribution is 9.10. The normalized spacial score (nSPS) is 17.9. The molecule has 2 rings (SSSR count). The molecule has 1 aliphatic carbocycles. The molecule has 0 atom stereocenters. The quantitative estimate of drug-likeness (QED) is 0.922. The third-order valence-electron chi connectivity index (χ3n) is 3.24. The van der Waals surface area contributed by atoms with Gasteiger partial charge in [-0.3, -0.25) is 4.79 Å². The fraction of sp³-hybridized carbons (Fsp3) is 0.462. The molecule has 1 aromatic carbocycles. The third kappa shape index (κ3) is 2.71. The summed E-state index contributed by atoms with van der Waals surface area (Å²) in [5.41, 5.74) is 6.92. The number of carbonyl (C=O) groups is 1. The van der Waals surface area contributed by atoms with Gasteiger partial charge in [0.1, 0.15) is 5.78 Å². The first kappa shape index (κ1) is 11.8. The second-order valence-electron chi connectivity index (χ2n) is 4.70. The van der Waals surface area contributed by atoms with Crippen LogP contribution < -0.4 is 5.73 Å². The Bertz CT molecular complexity index is 399. The molecule has 0 amide bonds. The Hall–Kier alpha value is -0.670. The Labute approximate surface area is 104 Å². The summed E-state index contributed by atoms with van der Waals surface area (Å²) in [7, 11) is 0. The second kappa shape index (κ2) is 4.68. The lowest BCUT2D eigenvalue weighted by Gasteiger charge is -2.37. The van der Waals surface area contributed by atoms with E-state index in [-0.39, 0.29) is 11.3 Å². The van der Waals surface area contributed by atoms with Gasteiger partial charge in [0.15, 0.2) is 0 Å². The highest BCUT2D eigenvalue weighted by Crippen LogP contribution is 2.32. The number of nitrogens with two attached hydrogens (primary N) is 1. The largest absolute Gasteiger partial charge is 0.325 e. The van der Waals surface area contributed by atoms with Gasteiger partial charge in [0.25, 0.3) is 0 Å². The van der Waals surface area contributed by atoms with Gasteiger partial charge in [-0.1, -0.05) is 34.1 Å². The van der Waals surface area contributed by atoms with Crippen molar-refractivity contribution in [2.45, 2.75) is 37.6 Å². The third-order valence-corrected chi connectivity index (χ3v) is 4.02. The zero-order valence-corrected chi connectivity index (χ0v) is 10.8. The van der Waals surface area contributed by atoms with Crippen LogP contribution in [0.5, 0.6) is 0 Å². The van der Waals surface area contributed by atoms with Crippen molar-refractivity contribution in [2.24, 2.45) is 5.73 Å². The smallest absolute Gasteiger partial charge is 0.139 e. The van der Waals surface area contributed by atoms with Crippen LogP contribution in [0.3, 0.4) is 0 Å². The summed E-state index contributed by atoms with van der Waals surface area (Å²) >= 11 is 3.45. The van der Waals surface area contributed by atoms with Gasteiger partial charge in [-0.05, 0) is 30.9 Å². The van der Waals surface area contributed by atoms with Crippen molar-refractivity contribution in [3.63, 3.8) is 0 Å². The minimum atomic E-state index is -0.196. The lowest BCUT2D eigenvalue weighted by Crippen LogP contribution is -2.48. The molecule has 2 N–H and O–H groups in total. The summed E-state index contributed by atoms with van der Waals surface area (Å²) < 4.78 is 1.00. The van der Waals surface area contributed by atoms with E-state index < -0.39 is 0 Å². The molecule has 1 aliphatic rings. The Morgan fingerprint density at radius 1 is 1.38 bits per heavy atom. The van der Waals surface area contributed by atoms with Gasteiger partial charge >= 0.3 is 0 Å². The molecule has 16 heavy (non-hydrogen) atoms. The molecule has 0 spiro atoms. The fourth-order valence-corrected chi connectivity index (χ4v) is 2.54. The van der Waals surface area contributed by atoms with Crippen LogP contribution in [0, 0.1) is 0 Å². The fourth-order valence-electron chi connectivity index (χ4n) is 2.12. The average molecular weight is 282 g/mol. The van der Waals surface area contributed by atoms with Crippen LogP contribution in [-0.2, 0) is 11.2 Å². The van der Waals surface area contributed by atoms with Crippen molar-refractivity contribution in [2.75, 3.05) is 0 Å². The van der Waals surface area contributed by atoms with E-state index in [0.717, 1.165) is 22.9 Å². The number of Topliss-reactive ketones (excluding diaryl/α,β-unsaturated/α-hetero) is 1. The molecule has 1 fully saturated rings. The van der Waals surface area contributed by atoms with Gasteiger partial charge < -0.3 is 5.73 Å². The average Bonchev–Trinajstić information content (AvgIpc) is 2.19. The van der Waals surface area contributed by atoms with Crippen molar-refractivity contribution < 1.29 is 4.79 Å². The van der Waals surface area contributed by atoms with E-state index in [0.29, 0.717) is 12.8 Å². The number of carbonyl (C=O) groups excluding carboxylic acids is 1. The number of benzene rings is 1. The minimum absolute atomic E-state index is 0.196. The second-order valence-corrected chi connectivity index (χ2v) is 5.55. The van der Waals surface area contributed by atoms with Crippen molar-refractivity contribution in [1.29, 1.82) is 0 Å². The van der Waals surface area contributed by atoms with E-state index in [4.69, 9.17) is 5.73 Å². The number of hydrogen-bond donors (Lipinski definition) is 1. The number of hydrogen-bond acceptors (Lipinski definition) is 2. The van der Waals surface area contributed by atoms with Crippen LogP contribution in [0.15, 0.2) is 28.7 Å². The van der Waals surface area contributed by atoms with Crippen molar-refractivity contribution in [3.8, 4) is 0 Å². The van der Waals surface area contributed by atoms with Crippen LogP contribution in [0.1, 0.15) is 31.2 Å². The molecule has 0 aromatic heterocycles. The summed E-state index contributed by atoms with van der Waals surface area (Å²) in [4.78, 5) is 11.9. The van der Waals surface area contributed by atoms with E-state index in [1.807, 2.05) is 24.3 Å². The Balaban J connectivity index is 1.95. The van der Waals surface area contributed by atoms with Crippen LogP contribution in [0.25, 0.3) is 0 Å². The molecule has 1 saturated carbocycles. The first-order valence-electron chi connectivity index (χ1n) is 5.63. The Morgan fingerprint density at radius 2 is 2.06 bits per heavy atom. The maximum absolute atomic E-state index is 11.9. The van der Waals surface area contributed by atoms with Crippen LogP contribution in [0.4, 0.5) is 0 Å². The van der Waals surface area contributed by atoms with Gasteiger partial charge in [-0.15, -0.1) is 0 Å². The van der Waals surface area contributed by atoms with Crippen molar-refractivity contribution in [1.82, 2.24) is 0 Å².